The zero-order valence-electron chi connectivity index (χ0n) is 12.7. The number of ether oxygens (including phenoxy) is 1. The number of alkyl carbamates (subject to hydrolysis) is 1. The van der Waals surface area contributed by atoms with Gasteiger partial charge in [-0.3, -0.25) is 10.1 Å². The van der Waals surface area contributed by atoms with Crippen molar-refractivity contribution < 1.29 is 14.5 Å². The van der Waals surface area contributed by atoms with Gasteiger partial charge >= 0.3 is 6.09 Å². The van der Waals surface area contributed by atoms with Crippen LogP contribution in [0.5, 0.6) is 0 Å². The fourth-order valence-corrected chi connectivity index (χ4v) is 1.85. The maximum atomic E-state index is 11.7. The molecular formula is C15H22N2O4. The number of carbonyl (C=O) groups excluding carboxylic acids is 1. The van der Waals surface area contributed by atoms with Crippen molar-refractivity contribution in [3.05, 3.63) is 46.0 Å². The van der Waals surface area contributed by atoms with Crippen LogP contribution in [-0.2, 0) is 11.2 Å². The summed E-state index contributed by atoms with van der Waals surface area (Å²) in [5, 5.41) is 13.3. The highest BCUT2D eigenvalue weighted by atomic mass is 16.6. The highest BCUT2D eigenvalue weighted by molar-refractivity contribution is 5.68. The van der Waals surface area contributed by atoms with E-state index < -0.39 is 22.7 Å². The monoisotopic (exact) mass is 294 g/mol. The van der Waals surface area contributed by atoms with Gasteiger partial charge in [-0.1, -0.05) is 30.3 Å². The number of aryl methyl sites for hydroxylation is 1. The van der Waals surface area contributed by atoms with Crippen molar-refractivity contribution in [2.75, 3.05) is 6.54 Å². The van der Waals surface area contributed by atoms with Crippen molar-refractivity contribution in [3.8, 4) is 0 Å². The van der Waals surface area contributed by atoms with Gasteiger partial charge in [0.1, 0.15) is 5.60 Å². The Morgan fingerprint density at radius 3 is 2.48 bits per heavy atom. The van der Waals surface area contributed by atoms with E-state index in [4.69, 9.17) is 4.74 Å². The number of benzene rings is 1. The molecular weight excluding hydrogens is 272 g/mol. The summed E-state index contributed by atoms with van der Waals surface area (Å²) in [5.41, 5.74) is 0.458. The number of nitrogens with one attached hydrogen (secondary N) is 1. The predicted octanol–water partition coefficient (Wildman–Crippen LogP) is 2.79. The Bertz CT molecular complexity index is 468. The Morgan fingerprint density at radius 1 is 1.33 bits per heavy atom. The average Bonchev–Trinajstić information content (AvgIpc) is 2.34. The molecule has 0 aliphatic carbocycles. The van der Waals surface area contributed by atoms with Crippen molar-refractivity contribution in [2.24, 2.45) is 0 Å². The van der Waals surface area contributed by atoms with E-state index in [-0.39, 0.29) is 6.54 Å². The lowest BCUT2D eigenvalue weighted by molar-refractivity contribution is -0.483. The largest absolute Gasteiger partial charge is 0.444 e. The minimum absolute atomic E-state index is 0.313. The van der Waals surface area contributed by atoms with Crippen molar-refractivity contribution >= 4 is 6.09 Å². The Balaban J connectivity index is 2.55. The second-order valence-electron chi connectivity index (χ2n) is 5.88. The van der Waals surface area contributed by atoms with E-state index >= 15 is 0 Å². The fourth-order valence-electron chi connectivity index (χ4n) is 1.85. The van der Waals surface area contributed by atoms with Crippen LogP contribution in [0.25, 0.3) is 0 Å². The molecule has 0 radical (unpaired) electrons. The van der Waals surface area contributed by atoms with Crippen LogP contribution in [0.15, 0.2) is 30.3 Å². The number of hydrogen-bond donors (Lipinski definition) is 1. The summed E-state index contributed by atoms with van der Waals surface area (Å²) in [4.78, 5) is 22.0. The zero-order valence-corrected chi connectivity index (χ0v) is 12.7. The summed E-state index contributed by atoms with van der Waals surface area (Å²) < 4.78 is 5.13. The van der Waals surface area contributed by atoms with Crippen molar-refractivity contribution in [1.29, 1.82) is 0 Å². The van der Waals surface area contributed by atoms with Crippen LogP contribution in [0.4, 0.5) is 4.79 Å². The molecule has 1 amide bonds. The molecule has 0 unspecified atom stereocenters. The van der Waals surface area contributed by atoms with Crippen LogP contribution in [0, 0.1) is 10.1 Å². The van der Waals surface area contributed by atoms with Gasteiger partial charge in [0, 0.05) is 4.92 Å². The van der Waals surface area contributed by atoms with Gasteiger partial charge in [0.05, 0.1) is 6.04 Å². The van der Waals surface area contributed by atoms with E-state index in [0.717, 1.165) is 5.56 Å². The highest BCUT2D eigenvalue weighted by Crippen LogP contribution is 2.09. The molecule has 0 bridgehead atoms. The van der Waals surface area contributed by atoms with Gasteiger partial charge in [-0.25, -0.2) is 4.79 Å². The molecule has 0 aliphatic rings. The Kier molecular flexibility index (Phi) is 6.14. The third-order valence-corrected chi connectivity index (χ3v) is 2.71. The van der Waals surface area contributed by atoms with Gasteiger partial charge in [0.25, 0.3) is 0 Å². The summed E-state index contributed by atoms with van der Waals surface area (Å²) in [7, 11) is 0. The lowest BCUT2D eigenvalue weighted by atomic mass is 10.1. The maximum Gasteiger partial charge on any atom is 0.408 e. The van der Waals surface area contributed by atoms with E-state index in [2.05, 4.69) is 5.32 Å². The SMILES string of the molecule is CC(C)(C)OC(=O)N[C@H](CCc1ccccc1)C[N+](=O)[O-]. The van der Waals surface area contributed by atoms with E-state index in [9.17, 15) is 14.9 Å². The topological polar surface area (TPSA) is 81.5 Å². The van der Waals surface area contributed by atoms with Crippen LogP contribution in [-0.4, -0.2) is 29.2 Å². The molecule has 0 spiro atoms. The number of amides is 1. The molecule has 21 heavy (non-hydrogen) atoms. The van der Waals surface area contributed by atoms with Crippen molar-refractivity contribution in [3.63, 3.8) is 0 Å². The van der Waals surface area contributed by atoms with Crippen molar-refractivity contribution in [2.45, 2.75) is 45.3 Å². The molecule has 116 valence electrons. The zero-order chi connectivity index (χ0) is 15.9. The van der Waals surface area contributed by atoms with Crippen LogP contribution >= 0.6 is 0 Å². The number of nitrogens with zero attached hydrogens (tertiary/aromatic N) is 1. The second kappa shape index (κ2) is 7.61. The van der Waals surface area contributed by atoms with E-state index in [1.807, 2.05) is 30.3 Å². The smallest absolute Gasteiger partial charge is 0.408 e. The molecule has 0 saturated carbocycles. The number of rotatable bonds is 6. The fraction of sp³-hybridized carbons (Fsp3) is 0.533. The molecule has 6 heteroatoms. The van der Waals surface area contributed by atoms with Gasteiger partial charge in [0.2, 0.25) is 6.54 Å². The molecule has 0 aliphatic heterocycles. The predicted molar refractivity (Wildman–Crippen MR) is 79.8 cm³/mol. The lowest BCUT2D eigenvalue weighted by Gasteiger charge is -2.22. The summed E-state index contributed by atoms with van der Waals surface area (Å²) in [6.45, 7) is 4.93. The van der Waals surface area contributed by atoms with E-state index in [1.54, 1.807) is 20.8 Å². The Labute approximate surface area is 124 Å². The second-order valence-corrected chi connectivity index (χ2v) is 5.88. The van der Waals surface area contributed by atoms with Crippen LogP contribution in [0.2, 0.25) is 0 Å². The molecule has 1 aromatic rings. The Morgan fingerprint density at radius 2 is 1.95 bits per heavy atom. The van der Waals surface area contributed by atoms with E-state index in [1.165, 1.54) is 0 Å². The molecule has 0 fully saturated rings. The summed E-state index contributed by atoms with van der Waals surface area (Å²) in [5.74, 6) is 0. The molecule has 1 N–H and O–H groups in total. The minimum atomic E-state index is -0.623. The number of hydrogen-bond acceptors (Lipinski definition) is 4. The molecule has 1 rings (SSSR count). The first kappa shape index (κ1) is 16.9. The number of carbonyl (C=O) groups is 1. The normalized spacial score (nSPS) is 12.5. The van der Waals surface area contributed by atoms with E-state index in [0.29, 0.717) is 12.8 Å². The van der Waals surface area contributed by atoms with Crippen LogP contribution in [0.1, 0.15) is 32.8 Å². The summed E-state index contributed by atoms with van der Waals surface area (Å²) in [6, 6.07) is 9.11. The number of nitro groups is 1. The molecule has 0 saturated heterocycles. The summed E-state index contributed by atoms with van der Waals surface area (Å²) >= 11 is 0. The molecule has 1 atom stereocenters. The molecule has 0 heterocycles. The Hall–Kier alpha value is -2.11. The maximum absolute atomic E-state index is 11.7. The lowest BCUT2D eigenvalue weighted by Crippen LogP contribution is -2.42. The molecule has 1 aromatic carbocycles. The third-order valence-electron chi connectivity index (χ3n) is 2.71. The first-order chi connectivity index (χ1) is 9.76. The van der Waals surface area contributed by atoms with Crippen molar-refractivity contribution in [1.82, 2.24) is 5.32 Å². The third kappa shape index (κ3) is 7.91. The van der Waals surface area contributed by atoms with Gasteiger partial charge in [0.15, 0.2) is 0 Å². The van der Waals surface area contributed by atoms with Gasteiger partial charge < -0.3 is 10.1 Å². The molecule has 0 aromatic heterocycles. The standard InChI is InChI=1S/C15H22N2O4/c1-15(2,3)21-14(18)16-13(11-17(19)20)10-9-12-7-5-4-6-8-12/h4-8,13H,9-11H2,1-3H3,(H,16,18)/t13-/m1/s1. The first-order valence-electron chi connectivity index (χ1n) is 6.91. The van der Waals surface area contributed by atoms with Gasteiger partial charge in [-0.15, -0.1) is 0 Å². The quantitative estimate of drug-likeness (QED) is 0.646. The average molecular weight is 294 g/mol. The van der Waals surface area contributed by atoms with Gasteiger partial charge in [-0.05, 0) is 39.2 Å². The minimum Gasteiger partial charge on any atom is -0.444 e. The van der Waals surface area contributed by atoms with Crippen LogP contribution in [0.3, 0.4) is 0 Å². The highest BCUT2D eigenvalue weighted by Gasteiger charge is 2.22. The molecule has 6 nitrogen and oxygen atoms in total. The summed E-state index contributed by atoms with van der Waals surface area (Å²) in [6.07, 6.45) is 0.529. The van der Waals surface area contributed by atoms with Crippen LogP contribution < -0.4 is 5.32 Å². The first-order valence-corrected chi connectivity index (χ1v) is 6.91. The van der Waals surface area contributed by atoms with Gasteiger partial charge in [-0.2, -0.15) is 0 Å².